The molecule has 0 saturated carbocycles. The molecule has 1 fully saturated rings. The summed E-state index contributed by atoms with van der Waals surface area (Å²) in [7, 11) is 0. The van der Waals surface area contributed by atoms with E-state index >= 15 is 0 Å². The first-order chi connectivity index (χ1) is 8.24. The van der Waals surface area contributed by atoms with Crippen LogP contribution >= 0.6 is 15.9 Å². The van der Waals surface area contributed by atoms with Crippen LogP contribution in [0, 0.1) is 5.82 Å². The van der Waals surface area contributed by atoms with Crippen molar-refractivity contribution in [2.45, 2.75) is 6.04 Å². The standard InChI is InChI=1S/C11H10BrFN4/c12-7-1-2-9(10(13)3-7)11-6-17(16-15-11)8-4-14-5-8/h1-3,6,8,14H,4-5H2. The first kappa shape index (κ1) is 10.9. The van der Waals surface area contributed by atoms with E-state index in [1.165, 1.54) is 6.07 Å². The molecule has 17 heavy (non-hydrogen) atoms. The lowest BCUT2D eigenvalue weighted by Gasteiger charge is -2.26. The maximum atomic E-state index is 13.7. The van der Waals surface area contributed by atoms with Gasteiger partial charge >= 0.3 is 0 Å². The number of hydrogen-bond acceptors (Lipinski definition) is 3. The summed E-state index contributed by atoms with van der Waals surface area (Å²) in [5.74, 6) is -0.293. The van der Waals surface area contributed by atoms with E-state index in [1.807, 2.05) is 0 Å². The lowest BCUT2D eigenvalue weighted by atomic mass is 10.1. The van der Waals surface area contributed by atoms with E-state index in [2.05, 4.69) is 31.6 Å². The minimum absolute atomic E-state index is 0.293. The second kappa shape index (κ2) is 4.19. The topological polar surface area (TPSA) is 42.7 Å². The highest BCUT2D eigenvalue weighted by molar-refractivity contribution is 9.10. The molecular weight excluding hydrogens is 287 g/mol. The Morgan fingerprint density at radius 3 is 2.88 bits per heavy atom. The molecular formula is C11H10BrFN4. The largest absolute Gasteiger partial charge is 0.312 e. The van der Waals surface area contributed by atoms with Gasteiger partial charge in [0.1, 0.15) is 11.5 Å². The summed E-state index contributed by atoms with van der Waals surface area (Å²) in [5.41, 5.74) is 1.05. The Morgan fingerprint density at radius 1 is 1.41 bits per heavy atom. The minimum atomic E-state index is -0.293. The lowest BCUT2D eigenvalue weighted by molar-refractivity contribution is 0.313. The Labute approximate surface area is 106 Å². The second-order valence-electron chi connectivity index (χ2n) is 4.02. The number of nitrogens with zero attached hydrogens (tertiary/aromatic N) is 3. The molecule has 6 heteroatoms. The highest BCUT2D eigenvalue weighted by Gasteiger charge is 2.20. The highest BCUT2D eigenvalue weighted by atomic mass is 79.9. The molecule has 4 nitrogen and oxygen atoms in total. The maximum absolute atomic E-state index is 13.7. The molecule has 1 N–H and O–H groups in total. The van der Waals surface area contributed by atoms with Crippen LogP contribution in [0.25, 0.3) is 11.3 Å². The van der Waals surface area contributed by atoms with E-state index in [4.69, 9.17) is 0 Å². The summed E-state index contributed by atoms with van der Waals surface area (Å²) in [4.78, 5) is 0. The zero-order valence-corrected chi connectivity index (χ0v) is 10.5. The molecule has 0 amide bonds. The van der Waals surface area contributed by atoms with Crippen molar-refractivity contribution in [1.29, 1.82) is 0 Å². The number of benzene rings is 1. The molecule has 2 heterocycles. The molecule has 1 aliphatic heterocycles. The molecule has 1 saturated heterocycles. The summed E-state index contributed by atoms with van der Waals surface area (Å²) in [6.07, 6.45) is 1.79. The smallest absolute Gasteiger partial charge is 0.133 e. The summed E-state index contributed by atoms with van der Waals surface area (Å²) < 4.78 is 16.2. The van der Waals surface area contributed by atoms with Crippen LogP contribution in [0.1, 0.15) is 6.04 Å². The third kappa shape index (κ3) is 1.98. The van der Waals surface area contributed by atoms with E-state index in [0.29, 0.717) is 21.8 Å². The predicted molar refractivity (Wildman–Crippen MR) is 65.0 cm³/mol. The van der Waals surface area contributed by atoms with Gasteiger partial charge in [-0.2, -0.15) is 0 Å². The van der Waals surface area contributed by atoms with Gasteiger partial charge in [0.2, 0.25) is 0 Å². The van der Waals surface area contributed by atoms with E-state index in [1.54, 1.807) is 23.0 Å². The number of halogens is 2. The van der Waals surface area contributed by atoms with Crippen LogP contribution in [0.2, 0.25) is 0 Å². The zero-order valence-electron chi connectivity index (χ0n) is 8.90. The van der Waals surface area contributed by atoms with Gasteiger partial charge in [-0.1, -0.05) is 21.1 Å². The van der Waals surface area contributed by atoms with Crippen molar-refractivity contribution in [2.24, 2.45) is 0 Å². The number of aromatic nitrogens is 3. The maximum Gasteiger partial charge on any atom is 0.133 e. The normalized spacial score (nSPS) is 15.9. The van der Waals surface area contributed by atoms with Crippen molar-refractivity contribution >= 4 is 15.9 Å². The summed E-state index contributed by atoms with van der Waals surface area (Å²) in [6.45, 7) is 1.79. The van der Waals surface area contributed by atoms with Crippen molar-refractivity contribution in [3.05, 3.63) is 34.7 Å². The predicted octanol–water partition coefficient (Wildman–Crippen LogP) is 1.99. The fourth-order valence-electron chi connectivity index (χ4n) is 1.74. The van der Waals surface area contributed by atoms with E-state index < -0.39 is 0 Å². The summed E-state index contributed by atoms with van der Waals surface area (Å²) in [5, 5.41) is 11.2. The van der Waals surface area contributed by atoms with Crippen molar-refractivity contribution in [3.8, 4) is 11.3 Å². The monoisotopic (exact) mass is 296 g/mol. The Kier molecular flexibility index (Phi) is 2.68. The van der Waals surface area contributed by atoms with Gasteiger partial charge in [0.05, 0.1) is 12.2 Å². The van der Waals surface area contributed by atoms with Gasteiger partial charge in [0, 0.05) is 23.1 Å². The Bertz CT molecular complexity index is 550. The third-order valence-corrected chi connectivity index (χ3v) is 3.34. The van der Waals surface area contributed by atoms with Crippen LogP contribution in [0.4, 0.5) is 4.39 Å². The molecule has 3 rings (SSSR count). The van der Waals surface area contributed by atoms with Gasteiger partial charge in [-0.25, -0.2) is 9.07 Å². The van der Waals surface area contributed by atoms with Crippen LogP contribution in [-0.2, 0) is 0 Å². The SMILES string of the molecule is Fc1cc(Br)ccc1-c1cn(C2CNC2)nn1. The molecule has 0 aliphatic carbocycles. The van der Waals surface area contributed by atoms with Gasteiger partial charge in [-0.05, 0) is 18.2 Å². The molecule has 0 unspecified atom stereocenters. The van der Waals surface area contributed by atoms with Crippen molar-refractivity contribution in [3.63, 3.8) is 0 Å². The van der Waals surface area contributed by atoms with Gasteiger partial charge in [0.15, 0.2) is 0 Å². The molecule has 2 aromatic rings. The fraction of sp³-hybridized carbons (Fsp3) is 0.273. The number of hydrogen-bond donors (Lipinski definition) is 1. The molecule has 0 spiro atoms. The molecule has 0 atom stereocenters. The van der Waals surface area contributed by atoms with E-state index in [-0.39, 0.29) is 5.82 Å². The third-order valence-electron chi connectivity index (χ3n) is 2.85. The van der Waals surface area contributed by atoms with Crippen LogP contribution in [0.15, 0.2) is 28.9 Å². The summed E-state index contributed by atoms with van der Waals surface area (Å²) in [6, 6.07) is 5.27. The molecule has 0 radical (unpaired) electrons. The Hall–Kier alpha value is -1.27. The van der Waals surface area contributed by atoms with Crippen molar-refractivity contribution in [2.75, 3.05) is 13.1 Å². The quantitative estimate of drug-likeness (QED) is 0.922. The second-order valence-corrected chi connectivity index (χ2v) is 4.94. The highest BCUT2D eigenvalue weighted by Crippen LogP contribution is 2.24. The van der Waals surface area contributed by atoms with Crippen LogP contribution in [0.3, 0.4) is 0 Å². The average molecular weight is 297 g/mol. The van der Waals surface area contributed by atoms with Crippen LogP contribution < -0.4 is 5.32 Å². The number of rotatable bonds is 2. The Balaban J connectivity index is 1.94. The summed E-state index contributed by atoms with van der Waals surface area (Å²) >= 11 is 3.23. The molecule has 88 valence electrons. The van der Waals surface area contributed by atoms with E-state index in [0.717, 1.165) is 13.1 Å². The molecule has 0 bridgehead atoms. The van der Waals surface area contributed by atoms with Gasteiger partial charge in [-0.3, -0.25) is 0 Å². The Morgan fingerprint density at radius 2 is 2.24 bits per heavy atom. The molecule has 1 aromatic heterocycles. The van der Waals surface area contributed by atoms with Crippen molar-refractivity contribution in [1.82, 2.24) is 20.3 Å². The average Bonchev–Trinajstić information content (AvgIpc) is 2.64. The first-order valence-corrected chi connectivity index (χ1v) is 6.11. The lowest BCUT2D eigenvalue weighted by Crippen LogP contribution is -2.43. The van der Waals surface area contributed by atoms with E-state index in [9.17, 15) is 4.39 Å². The van der Waals surface area contributed by atoms with Gasteiger partial charge in [-0.15, -0.1) is 5.10 Å². The van der Waals surface area contributed by atoms with Gasteiger partial charge in [0.25, 0.3) is 0 Å². The van der Waals surface area contributed by atoms with Crippen molar-refractivity contribution < 1.29 is 4.39 Å². The first-order valence-electron chi connectivity index (χ1n) is 5.32. The minimum Gasteiger partial charge on any atom is -0.312 e. The fourth-order valence-corrected chi connectivity index (χ4v) is 2.07. The zero-order chi connectivity index (χ0) is 11.8. The van der Waals surface area contributed by atoms with Gasteiger partial charge < -0.3 is 5.32 Å². The van der Waals surface area contributed by atoms with Crippen LogP contribution in [-0.4, -0.2) is 28.1 Å². The molecule has 1 aliphatic rings. The number of nitrogens with one attached hydrogen (secondary N) is 1. The van der Waals surface area contributed by atoms with Crippen LogP contribution in [0.5, 0.6) is 0 Å². The molecule has 1 aromatic carbocycles.